The molecule has 0 radical (unpaired) electrons. The van der Waals surface area contributed by atoms with Crippen LogP contribution in [0.3, 0.4) is 0 Å². The van der Waals surface area contributed by atoms with Gasteiger partial charge in [0.25, 0.3) is 5.91 Å². The van der Waals surface area contributed by atoms with Crippen molar-refractivity contribution in [1.82, 2.24) is 14.9 Å². The Morgan fingerprint density at radius 1 is 1.19 bits per heavy atom. The van der Waals surface area contributed by atoms with Crippen LogP contribution >= 0.6 is 11.3 Å². The Morgan fingerprint density at radius 3 is 2.77 bits per heavy atom. The van der Waals surface area contributed by atoms with Gasteiger partial charge in [-0.2, -0.15) is 0 Å². The third-order valence-corrected chi connectivity index (χ3v) is 6.34. The molecule has 4 rings (SSSR count). The summed E-state index contributed by atoms with van der Waals surface area (Å²) in [4.78, 5) is 31.1. The zero-order valence-corrected chi connectivity index (χ0v) is 18.3. The first-order chi connectivity index (χ1) is 15.0. The standard InChI is InChI=1S/C23H26N4O3S/c1-16-10-20(21(28)24-12-17-6-5-7-18(11-17)22(29)30)27(13-16)14-19-15-31-23(25-19)26-8-3-2-4-9-26/h5-7,10-11,13,15H,2-4,8-9,12,14H2,1H3,(H,24,28)(H,29,30). The quantitative estimate of drug-likeness (QED) is 0.584. The van der Waals surface area contributed by atoms with E-state index >= 15 is 0 Å². The van der Waals surface area contributed by atoms with Gasteiger partial charge in [-0.05, 0) is 55.5 Å². The number of aromatic carboxylic acids is 1. The molecular weight excluding hydrogens is 412 g/mol. The van der Waals surface area contributed by atoms with Crippen molar-refractivity contribution in [1.29, 1.82) is 0 Å². The maximum Gasteiger partial charge on any atom is 0.335 e. The molecule has 7 nitrogen and oxygen atoms in total. The van der Waals surface area contributed by atoms with Crippen LogP contribution in [0, 0.1) is 6.92 Å². The van der Waals surface area contributed by atoms with Crippen molar-refractivity contribution >= 4 is 28.3 Å². The predicted molar refractivity (Wildman–Crippen MR) is 121 cm³/mol. The third-order valence-electron chi connectivity index (χ3n) is 5.39. The minimum Gasteiger partial charge on any atom is -0.478 e. The summed E-state index contributed by atoms with van der Waals surface area (Å²) in [6, 6.07) is 8.45. The van der Waals surface area contributed by atoms with Crippen molar-refractivity contribution in [3.05, 3.63) is 70.0 Å². The molecule has 0 bridgehead atoms. The second-order valence-corrected chi connectivity index (χ2v) is 8.72. The molecule has 8 heteroatoms. The fraction of sp³-hybridized carbons (Fsp3) is 0.348. The summed E-state index contributed by atoms with van der Waals surface area (Å²) >= 11 is 1.66. The SMILES string of the molecule is Cc1cc(C(=O)NCc2cccc(C(=O)O)c2)n(Cc2csc(N3CCCCC3)n2)c1. The number of rotatable bonds is 7. The molecule has 0 saturated carbocycles. The molecular formula is C23H26N4O3S. The maximum atomic E-state index is 12.8. The van der Waals surface area contributed by atoms with Crippen molar-refractivity contribution in [2.75, 3.05) is 18.0 Å². The molecule has 0 aliphatic carbocycles. The Bertz CT molecular complexity index is 1080. The molecule has 1 saturated heterocycles. The number of carboxylic acids is 1. The van der Waals surface area contributed by atoms with Crippen molar-refractivity contribution in [2.24, 2.45) is 0 Å². The number of hydrogen-bond donors (Lipinski definition) is 2. The van der Waals surface area contributed by atoms with Crippen LogP contribution in [0.4, 0.5) is 5.13 Å². The van der Waals surface area contributed by atoms with Crippen molar-refractivity contribution in [3.8, 4) is 0 Å². The van der Waals surface area contributed by atoms with Gasteiger partial charge in [0.1, 0.15) is 5.69 Å². The first-order valence-corrected chi connectivity index (χ1v) is 11.3. The summed E-state index contributed by atoms with van der Waals surface area (Å²) < 4.78 is 1.92. The molecule has 2 N–H and O–H groups in total. The van der Waals surface area contributed by atoms with Gasteiger partial charge in [0.2, 0.25) is 0 Å². The molecule has 1 aliphatic rings. The number of benzene rings is 1. The topological polar surface area (TPSA) is 87.5 Å². The normalized spacial score (nSPS) is 13.9. The van der Waals surface area contributed by atoms with Crippen LogP contribution in [0.2, 0.25) is 0 Å². The highest BCUT2D eigenvalue weighted by Gasteiger charge is 2.17. The number of nitrogens with zero attached hydrogens (tertiary/aromatic N) is 3. The van der Waals surface area contributed by atoms with Crippen LogP contribution in [0.25, 0.3) is 0 Å². The lowest BCUT2D eigenvalue weighted by atomic mass is 10.1. The number of piperidine rings is 1. The number of anilines is 1. The monoisotopic (exact) mass is 438 g/mol. The Labute approximate surface area is 185 Å². The second kappa shape index (κ2) is 9.34. The van der Waals surface area contributed by atoms with E-state index in [1.165, 1.54) is 25.3 Å². The van der Waals surface area contributed by atoms with Gasteiger partial charge in [0.15, 0.2) is 5.13 Å². The number of aryl methyl sites for hydroxylation is 1. The van der Waals surface area contributed by atoms with Crippen molar-refractivity contribution in [2.45, 2.75) is 39.3 Å². The Balaban J connectivity index is 1.43. The van der Waals surface area contributed by atoms with Gasteiger partial charge in [0, 0.05) is 31.2 Å². The number of thiazole rings is 1. The van der Waals surface area contributed by atoms with E-state index in [2.05, 4.69) is 15.6 Å². The number of carboxylic acid groups (broad SMARTS) is 1. The molecule has 3 heterocycles. The van der Waals surface area contributed by atoms with Crippen LogP contribution in [-0.2, 0) is 13.1 Å². The fourth-order valence-corrected chi connectivity index (χ4v) is 4.71. The highest BCUT2D eigenvalue weighted by molar-refractivity contribution is 7.13. The molecule has 0 atom stereocenters. The average molecular weight is 439 g/mol. The number of aromatic nitrogens is 2. The van der Waals surface area contributed by atoms with Crippen LogP contribution in [0.1, 0.15) is 56.9 Å². The van der Waals surface area contributed by atoms with E-state index in [-0.39, 0.29) is 18.0 Å². The van der Waals surface area contributed by atoms with E-state index in [0.29, 0.717) is 12.2 Å². The van der Waals surface area contributed by atoms with Gasteiger partial charge < -0.3 is 19.9 Å². The molecule has 1 aromatic carbocycles. The van der Waals surface area contributed by atoms with Crippen LogP contribution in [0.15, 0.2) is 41.9 Å². The third kappa shape index (κ3) is 5.14. The van der Waals surface area contributed by atoms with Crippen LogP contribution in [-0.4, -0.2) is 39.6 Å². The summed E-state index contributed by atoms with van der Waals surface area (Å²) in [5.41, 5.74) is 3.47. The van der Waals surface area contributed by atoms with Gasteiger partial charge in [-0.3, -0.25) is 4.79 Å². The molecule has 0 spiro atoms. The summed E-state index contributed by atoms with van der Waals surface area (Å²) in [5.74, 6) is -1.18. The van der Waals surface area contributed by atoms with Gasteiger partial charge in [-0.25, -0.2) is 9.78 Å². The average Bonchev–Trinajstić information content (AvgIpc) is 3.39. The van der Waals surface area contributed by atoms with Gasteiger partial charge >= 0.3 is 5.97 Å². The Kier molecular flexibility index (Phi) is 6.36. The van der Waals surface area contributed by atoms with E-state index in [9.17, 15) is 9.59 Å². The lowest BCUT2D eigenvalue weighted by Gasteiger charge is -2.25. The molecule has 31 heavy (non-hydrogen) atoms. The van der Waals surface area contributed by atoms with E-state index in [0.717, 1.165) is 35.0 Å². The smallest absolute Gasteiger partial charge is 0.335 e. The molecule has 1 fully saturated rings. The lowest BCUT2D eigenvalue weighted by molar-refractivity contribution is 0.0696. The van der Waals surface area contributed by atoms with Crippen LogP contribution in [0.5, 0.6) is 0 Å². The molecule has 3 aromatic rings. The van der Waals surface area contributed by atoms with Gasteiger partial charge in [-0.1, -0.05) is 12.1 Å². The Morgan fingerprint density at radius 2 is 2.00 bits per heavy atom. The van der Waals surface area contributed by atoms with Crippen LogP contribution < -0.4 is 10.2 Å². The zero-order chi connectivity index (χ0) is 21.8. The fourth-order valence-electron chi connectivity index (χ4n) is 3.84. The van der Waals surface area contributed by atoms with E-state index in [1.54, 1.807) is 29.5 Å². The minimum absolute atomic E-state index is 0.194. The summed E-state index contributed by atoms with van der Waals surface area (Å²) in [5, 5.41) is 15.2. The number of carbonyl (C=O) groups excluding carboxylic acids is 1. The predicted octanol–water partition coefficient (Wildman–Crippen LogP) is 3.92. The molecule has 1 amide bonds. The summed E-state index contributed by atoms with van der Waals surface area (Å²) in [6.45, 7) is 4.89. The summed E-state index contributed by atoms with van der Waals surface area (Å²) in [6.07, 6.45) is 5.67. The molecule has 0 unspecified atom stereocenters. The Hall–Kier alpha value is -3.13. The number of amides is 1. The number of carbonyl (C=O) groups is 2. The zero-order valence-electron chi connectivity index (χ0n) is 17.5. The lowest BCUT2D eigenvalue weighted by Crippen LogP contribution is -2.29. The first kappa shape index (κ1) is 21.1. The molecule has 2 aromatic heterocycles. The molecule has 1 aliphatic heterocycles. The van der Waals surface area contributed by atoms with E-state index < -0.39 is 5.97 Å². The van der Waals surface area contributed by atoms with Gasteiger partial charge in [-0.15, -0.1) is 11.3 Å². The highest BCUT2D eigenvalue weighted by atomic mass is 32.1. The van der Waals surface area contributed by atoms with Gasteiger partial charge in [0.05, 0.1) is 17.8 Å². The number of hydrogen-bond acceptors (Lipinski definition) is 5. The largest absolute Gasteiger partial charge is 0.478 e. The van der Waals surface area contributed by atoms with E-state index in [4.69, 9.17) is 10.1 Å². The highest BCUT2D eigenvalue weighted by Crippen LogP contribution is 2.25. The van der Waals surface area contributed by atoms with Crippen molar-refractivity contribution in [3.63, 3.8) is 0 Å². The van der Waals surface area contributed by atoms with Crippen molar-refractivity contribution < 1.29 is 14.7 Å². The van der Waals surface area contributed by atoms with E-state index in [1.807, 2.05) is 23.8 Å². The summed E-state index contributed by atoms with van der Waals surface area (Å²) in [7, 11) is 0. The maximum absolute atomic E-state index is 12.8. The second-order valence-electron chi connectivity index (χ2n) is 7.89. The molecule has 162 valence electrons. The minimum atomic E-state index is -0.982. The number of nitrogens with one attached hydrogen (secondary N) is 1. The first-order valence-electron chi connectivity index (χ1n) is 10.5.